The van der Waals surface area contributed by atoms with Crippen molar-refractivity contribution in [2.45, 2.75) is 23.8 Å². The van der Waals surface area contributed by atoms with Gasteiger partial charge in [0, 0.05) is 12.0 Å². The fourth-order valence-corrected chi connectivity index (χ4v) is 4.77. The highest BCUT2D eigenvalue weighted by Crippen LogP contribution is 2.43. The molecule has 1 N–H and O–H groups in total. The molecular weight excluding hydrogens is 280 g/mol. The van der Waals surface area contributed by atoms with E-state index in [1.54, 1.807) is 0 Å². The van der Waals surface area contributed by atoms with Gasteiger partial charge in [-0.15, -0.1) is 23.5 Å². The van der Waals surface area contributed by atoms with E-state index in [4.69, 9.17) is 5.11 Å². The van der Waals surface area contributed by atoms with Gasteiger partial charge >= 0.3 is 5.97 Å². The summed E-state index contributed by atoms with van der Waals surface area (Å²) in [6, 6.07) is 7.61. The zero-order chi connectivity index (χ0) is 13.7. The molecule has 0 aliphatic carbocycles. The van der Waals surface area contributed by atoms with Crippen LogP contribution in [0.4, 0.5) is 0 Å². The van der Waals surface area contributed by atoms with Crippen LogP contribution in [-0.2, 0) is 4.79 Å². The van der Waals surface area contributed by atoms with Crippen molar-refractivity contribution in [3.8, 4) is 0 Å². The van der Waals surface area contributed by atoms with Crippen molar-refractivity contribution in [1.29, 1.82) is 0 Å². The molecule has 0 unspecified atom stereocenters. The number of carbonyl (C=O) groups is 2. The SMILES string of the molecule is O=C(O)CCC(=O)c1ccc(C2SCCCS2)cc1. The van der Waals surface area contributed by atoms with Gasteiger partial charge in [0.25, 0.3) is 0 Å². The van der Waals surface area contributed by atoms with Gasteiger partial charge in [-0.2, -0.15) is 0 Å². The van der Waals surface area contributed by atoms with E-state index in [-0.39, 0.29) is 18.6 Å². The van der Waals surface area contributed by atoms with Crippen LogP contribution in [0.1, 0.15) is 39.8 Å². The van der Waals surface area contributed by atoms with Gasteiger partial charge in [0.05, 0.1) is 11.0 Å². The van der Waals surface area contributed by atoms with Crippen molar-refractivity contribution in [1.82, 2.24) is 0 Å². The van der Waals surface area contributed by atoms with Crippen molar-refractivity contribution in [2.24, 2.45) is 0 Å². The minimum Gasteiger partial charge on any atom is -0.481 e. The lowest BCUT2D eigenvalue weighted by atomic mass is 10.1. The topological polar surface area (TPSA) is 54.4 Å². The monoisotopic (exact) mass is 296 g/mol. The molecule has 1 aromatic carbocycles. The predicted octanol–water partition coefficient (Wildman–Crippen LogP) is 3.60. The summed E-state index contributed by atoms with van der Waals surface area (Å²) in [4.78, 5) is 22.2. The number of benzene rings is 1. The molecule has 1 saturated heterocycles. The minimum atomic E-state index is -0.931. The van der Waals surface area contributed by atoms with Crippen molar-refractivity contribution in [2.75, 3.05) is 11.5 Å². The maximum absolute atomic E-state index is 11.8. The molecule has 0 radical (unpaired) electrons. The summed E-state index contributed by atoms with van der Waals surface area (Å²) in [5, 5.41) is 8.57. The maximum Gasteiger partial charge on any atom is 0.303 e. The maximum atomic E-state index is 11.8. The number of hydrogen-bond acceptors (Lipinski definition) is 4. The average Bonchev–Trinajstić information content (AvgIpc) is 2.46. The van der Waals surface area contributed by atoms with Crippen molar-refractivity contribution < 1.29 is 14.7 Å². The predicted molar refractivity (Wildman–Crippen MR) is 79.9 cm³/mol. The van der Waals surface area contributed by atoms with Gasteiger partial charge in [-0.1, -0.05) is 24.3 Å². The molecule has 0 saturated carbocycles. The Bertz CT molecular complexity index is 450. The Balaban J connectivity index is 1.97. The third kappa shape index (κ3) is 4.28. The van der Waals surface area contributed by atoms with E-state index in [0.29, 0.717) is 10.1 Å². The van der Waals surface area contributed by atoms with E-state index in [9.17, 15) is 9.59 Å². The van der Waals surface area contributed by atoms with E-state index in [2.05, 4.69) is 0 Å². The molecule has 1 fully saturated rings. The smallest absolute Gasteiger partial charge is 0.303 e. The summed E-state index contributed by atoms with van der Waals surface area (Å²) < 4.78 is 0.469. The second kappa shape index (κ2) is 7.01. The highest BCUT2D eigenvalue weighted by molar-refractivity contribution is 8.16. The van der Waals surface area contributed by atoms with Gasteiger partial charge < -0.3 is 5.11 Å². The van der Waals surface area contributed by atoms with Crippen LogP contribution in [0.15, 0.2) is 24.3 Å². The quantitative estimate of drug-likeness (QED) is 0.841. The number of hydrogen-bond donors (Lipinski definition) is 1. The molecule has 0 bridgehead atoms. The number of thioether (sulfide) groups is 2. The molecular formula is C14H16O3S2. The molecule has 5 heteroatoms. The van der Waals surface area contributed by atoms with Crippen LogP contribution in [0.3, 0.4) is 0 Å². The lowest BCUT2D eigenvalue weighted by Gasteiger charge is -2.21. The summed E-state index contributed by atoms with van der Waals surface area (Å²) in [5.41, 5.74) is 1.85. The second-order valence-corrected chi connectivity index (χ2v) is 7.09. The van der Waals surface area contributed by atoms with Crippen molar-refractivity contribution >= 4 is 35.3 Å². The zero-order valence-corrected chi connectivity index (χ0v) is 12.1. The number of Topliss-reactive ketones (excluding diaryl/α,β-unsaturated/α-hetero) is 1. The first-order valence-electron chi connectivity index (χ1n) is 6.25. The summed E-state index contributed by atoms with van der Waals surface area (Å²) in [5.74, 6) is 1.35. The Morgan fingerprint density at radius 2 is 1.74 bits per heavy atom. The van der Waals surface area contributed by atoms with Gasteiger partial charge in [-0.25, -0.2) is 0 Å². The molecule has 0 spiro atoms. The number of carboxylic acid groups (broad SMARTS) is 1. The summed E-state index contributed by atoms with van der Waals surface area (Å²) in [7, 11) is 0. The summed E-state index contributed by atoms with van der Waals surface area (Å²) in [6.45, 7) is 0. The molecule has 0 atom stereocenters. The van der Waals surface area contributed by atoms with E-state index in [1.165, 1.54) is 23.5 Å². The third-order valence-electron chi connectivity index (χ3n) is 2.90. The Morgan fingerprint density at radius 1 is 1.11 bits per heavy atom. The standard InChI is InChI=1S/C14H16O3S2/c15-12(6-7-13(16)17)10-2-4-11(5-3-10)14-18-8-1-9-19-14/h2-5,14H,1,6-9H2,(H,16,17). The van der Waals surface area contributed by atoms with E-state index in [1.807, 2.05) is 47.8 Å². The molecule has 1 aliphatic rings. The van der Waals surface area contributed by atoms with E-state index >= 15 is 0 Å². The molecule has 0 aromatic heterocycles. The molecule has 1 aromatic rings. The molecule has 102 valence electrons. The van der Waals surface area contributed by atoms with Gasteiger partial charge in [0.15, 0.2) is 5.78 Å². The van der Waals surface area contributed by atoms with Gasteiger partial charge in [-0.3, -0.25) is 9.59 Å². The third-order valence-corrected chi connectivity index (χ3v) is 5.91. The first-order valence-corrected chi connectivity index (χ1v) is 8.35. The molecule has 3 nitrogen and oxygen atoms in total. The Kier molecular flexibility index (Phi) is 5.34. The largest absolute Gasteiger partial charge is 0.481 e. The van der Waals surface area contributed by atoms with Crippen molar-refractivity contribution in [3.05, 3.63) is 35.4 Å². The molecule has 0 amide bonds. The van der Waals surface area contributed by atoms with E-state index < -0.39 is 5.97 Å². The van der Waals surface area contributed by atoms with E-state index in [0.717, 1.165) is 0 Å². The van der Waals surface area contributed by atoms with Crippen LogP contribution >= 0.6 is 23.5 Å². The van der Waals surface area contributed by atoms with Crippen molar-refractivity contribution in [3.63, 3.8) is 0 Å². The van der Waals surface area contributed by atoms with Crippen LogP contribution in [0, 0.1) is 0 Å². The summed E-state index contributed by atoms with van der Waals surface area (Å²) in [6.07, 6.45) is 1.23. The van der Waals surface area contributed by atoms with Crippen LogP contribution in [0.5, 0.6) is 0 Å². The van der Waals surface area contributed by atoms with Crippen LogP contribution in [-0.4, -0.2) is 28.4 Å². The zero-order valence-electron chi connectivity index (χ0n) is 10.5. The molecule has 1 aliphatic heterocycles. The number of aliphatic carboxylic acids is 1. The first kappa shape index (κ1) is 14.5. The number of carbonyl (C=O) groups excluding carboxylic acids is 1. The highest BCUT2D eigenvalue weighted by atomic mass is 32.2. The Hall–Kier alpha value is -0.940. The lowest BCUT2D eigenvalue weighted by molar-refractivity contribution is -0.136. The fourth-order valence-electron chi connectivity index (χ4n) is 1.87. The van der Waals surface area contributed by atoms with Gasteiger partial charge in [0.1, 0.15) is 0 Å². The highest BCUT2D eigenvalue weighted by Gasteiger charge is 2.17. The molecule has 2 rings (SSSR count). The van der Waals surface area contributed by atoms with Crippen LogP contribution in [0.25, 0.3) is 0 Å². The second-order valence-electron chi connectivity index (χ2n) is 4.37. The Morgan fingerprint density at radius 3 is 2.32 bits per heavy atom. The number of ketones is 1. The normalized spacial score (nSPS) is 16.2. The fraction of sp³-hybridized carbons (Fsp3) is 0.429. The first-order chi connectivity index (χ1) is 9.16. The van der Waals surface area contributed by atoms with Gasteiger partial charge in [-0.05, 0) is 23.5 Å². The van der Waals surface area contributed by atoms with Crippen LogP contribution < -0.4 is 0 Å². The minimum absolute atomic E-state index is 0.0710. The number of carboxylic acids is 1. The summed E-state index contributed by atoms with van der Waals surface area (Å²) >= 11 is 3.89. The lowest BCUT2D eigenvalue weighted by Crippen LogP contribution is -2.04. The Labute approximate surface area is 121 Å². The van der Waals surface area contributed by atoms with Crippen LogP contribution in [0.2, 0.25) is 0 Å². The molecule has 19 heavy (non-hydrogen) atoms. The average molecular weight is 296 g/mol. The molecule has 1 heterocycles. The van der Waals surface area contributed by atoms with Gasteiger partial charge in [0.2, 0.25) is 0 Å². The number of rotatable bonds is 5.